The SMILES string of the molecule is C=C1C(=O)O[C@H]2[C@H]1[C@@H](O)[C@H](OC(=O)C=C(C)C)C(C)=C1C[C@H]3O[C@@]3(C)[C@@]12O. The summed E-state index contributed by atoms with van der Waals surface area (Å²) in [6.45, 7) is 10.8. The first-order valence-electron chi connectivity index (χ1n) is 9.06. The van der Waals surface area contributed by atoms with E-state index in [1.54, 1.807) is 27.7 Å². The number of fused-ring (bicyclic) bond motifs is 5. The molecule has 0 aromatic rings. The molecule has 2 heterocycles. The molecule has 4 aliphatic rings. The predicted molar refractivity (Wildman–Crippen MR) is 93.4 cm³/mol. The van der Waals surface area contributed by atoms with E-state index in [-0.39, 0.29) is 11.7 Å². The van der Waals surface area contributed by atoms with E-state index in [4.69, 9.17) is 14.2 Å². The van der Waals surface area contributed by atoms with Crippen LogP contribution in [0.3, 0.4) is 0 Å². The van der Waals surface area contributed by atoms with Crippen molar-refractivity contribution in [2.45, 2.75) is 69.7 Å². The lowest BCUT2D eigenvalue weighted by atomic mass is 9.76. The third-order valence-electron chi connectivity index (χ3n) is 6.42. The van der Waals surface area contributed by atoms with Gasteiger partial charge in [0.25, 0.3) is 0 Å². The highest BCUT2D eigenvalue weighted by molar-refractivity contribution is 5.91. The Morgan fingerprint density at radius 3 is 2.70 bits per heavy atom. The molecule has 0 spiro atoms. The standard InChI is InChI=1S/C20H24O7/c1-8(2)6-13(21)25-16-9(3)11-7-12-19(5,27-12)20(11,24)17-14(15(16)22)10(4)18(23)26-17/h6,12,14-17,22,24H,4,7H2,1-3,5H3/t12-,14-,15-,16-,17+,19-,20-/m1/s1. The lowest BCUT2D eigenvalue weighted by Gasteiger charge is -2.37. The fourth-order valence-corrected chi connectivity index (χ4v) is 4.87. The van der Waals surface area contributed by atoms with Crippen LogP contribution in [0.1, 0.15) is 34.1 Å². The maximum Gasteiger partial charge on any atom is 0.334 e. The average molecular weight is 376 g/mol. The molecule has 7 heteroatoms. The van der Waals surface area contributed by atoms with Gasteiger partial charge < -0.3 is 24.4 Å². The number of hydrogen-bond acceptors (Lipinski definition) is 7. The van der Waals surface area contributed by atoms with E-state index in [1.165, 1.54) is 6.08 Å². The van der Waals surface area contributed by atoms with E-state index in [0.717, 1.165) is 5.57 Å². The van der Waals surface area contributed by atoms with E-state index >= 15 is 0 Å². The van der Waals surface area contributed by atoms with Crippen molar-refractivity contribution in [3.8, 4) is 0 Å². The lowest BCUT2D eigenvalue weighted by molar-refractivity contribution is -0.162. The molecule has 2 aliphatic heterocycles. The van der Waals surface area contributed by atoms with Gasteiger partial charge in [-0.15, -0.1) is 0 Å². The molecule has 146 valence electrons. The van der Waals surface area contributed by atoms with Crippen LogP contribution in [0, 0.1) is 5.92 Å². The van der Waals surface area contributed by atoms with Crippen molar-refractivity contribution in [1.82, 2.24) is 0 Å². The van der Waals surface area contributed by atoms with Gasteiger partial charge in [0.2, 0.25) is 0 Å². The van der Waals surface area contributed by atoms with Crippen LogP contribution < -0.4 is 0 Å². The molecule has 2 saturated heterocycles. The van der Waals surface area contributed by atoms with Gasteiger partial charge in [-0.05, 0) is 38.8 Å². The number of carbonyl (C=O) groups is 2. The van der Waals surface area contributed by atoms with Crippen LogP contribution in [0.15, 0.2) is 34.9 Å². The number of ether oxygens (including phenoxy) is 3. The van der Waals surface area contributed by atoms with Gasteiger partial charge in [-0.3, -0.25) is 0 Å². The molecule has 0 radical (unpaired) electrons. The van der Waals surface area contributed by atoms with Crippen molar-refractivity contribution in [2.24, 2.45) is 5.92 Å². The molecule has 3 fully saturated rings. The topological polar surface area (TPSA) is 106 Å². The molecule has 2 aliphatic carbocycles. The molecular weight excluding hydrogens is 352 g/mol. The van der Waals surface area contributed by atoms with Crippen molar-refractivity contribution in [2.75, 3.05) is 0 Å². The summed E-state index contributed by atoms with van der Waals surface area (Å²) >= 11 is 0. The summed E-state index contributed by atoms with van der Waals surface area (Å²) < 4.78 is 16.7. The summed E-state index contributed by atoms with van der Waals surface area (Å²) in [4.78, 5) is 24.4. The number of aliphatic hydroxyl groups is 2. The average Bonchev–Trinajstić information content (AvgIpc) is 3.08. The predicted octanol–water partition coefficient (Wildman–Crippen LogP) is 0.946. The number of aliphatic hydroxyl groups excluding tert-OH is 1. The molecular formula is C20H24O7. The maximum atomic E-state index is 12.2. The van der Waals surface area contributed by atoms with E-state index in [9.17, 15) is 19.8 Å². The summed E-state index contributed by atoms with van der Waals surface area (Å²) in [5, 5.41) is 22.7. The third-order valence-corrected chi connectivity index (χ3v) is 6.42. The molecule has 0 bridgehead atoms. The Morgan fingerprint density at radius 1 is 1.41 bits per heavy atom. The van der Waals surface area contributed by atoms with Crippen molar-refractivity contribution < 1.29 is 34.0 Å². The number of hydrogen-bond donors (Lipinski definition) is 2. The van der Waals surface area contributed by atoms with Gasteiger partial charge in [0.15, 0.2) is 5.60 Å². The summed E-state index contributed by atoms with van der Waals surface area (Å²) in [5.41, 5.74) is -0.516. The quantitative estimate of drug-likeness (QED) is 0.320. The first kappa shape index (κ1) is 18.4. The summed E-state index contributed by atoms with van der Waals surface area (Å²) in [5.74, 6) is -2.17. The second kappa shape index (κ2) is 5.53. The maximum absolute atomic E-state index is 12.2. The molecule has 2 N–H and O–H groups in total. The normalized spacial score (nSPS) is 44.7. The van der Waals surface area contributed by atoms with Gasteiger partial charge in [-0.2, -0.15) is 0 Å². The van der Waals surface area contributed by atoms with Crippen molar-refractivity contribution >= 4 is 11.9 Å². The van der Waals surface area contributed by atoms with E-state index in [0.29, 0.717) is 17.6 Å². The van der Waals surface area contributed by atoms with Crippen molar-refractivity contribution in [3.63, 3.8) is 0 Å². The zero-order valence-corrected chi connectivity index (χ0v) is 15.8. The van der Waals surface area contributed by atoms with Crippen molar-refractivity contribution in [1.29, 1.82) is 0 Å². The highest BCUT2D eigenvalue weighted by atomic mass is 16.6. The zero-order valence-electron chi connectivity index (χ0n) is 15.8. The van der Waals surface area contributed by atoms with Crippen LogP contribution in [0.5, 0.6) is 0 Å². The fourth-order valence-electron chi connectivity index (χ4n) is 4.87. The monoisotopic (exact) mass is 376 g/mol. The van der Waals surface area contributed by atoms with Gasteiger partial charge in [0.05, 0.1) is 12.0 Å². The fraction of sp³-hybridized carbons (Fsp3) is 0.600. The highest BCUT2D eigenvalue weighted by Gasteiger charge is 2.79. The van der Waals surface area contributed by atoms with Crippen LogP contribution in [0.2, 0.25) is 0 Å². The number of carbonyl (C=O) groups excluding carboxylic acids is 2. The second-order valence-electron chi connectivity index (χ2n) is 8.29. The number of allylic oxidation sites excluding steroid dienone is 1. The molecule has 27 heavy (non-hydrogen) atoms. The van der Waals surface area contributed by atoms with Crippen LogP contribution in [0.25, 0.3) is 0 Å². The van der Waals surface area contributed by atoms with Gasteiger partial charge >= 0.3 is 11.9 Å². The summed E-state index contributed by atoms with van der Waals surface area (Å²) in [6, 6.07) is 0. The first-order chi connectivity index (χ1) is 12.5. The number of esters is 2. The first-order valence-corrected chi connectivity index (χ1v) is 9.06. The van der Waals surface area contributed by atoms with E-state index in [2.05, 4.69) is 6.58 Å². The zero-order chi connectivity index (χ0) is 19.9. The Morgan fingerprint density at radius 2 is 2.07 bits per heavy atom. The minimum absolute atomic E-state index is 0.0611. The Balaban J connectivity index is 1.83. The molecule has 0 aromatic carbocycles. The van der Waals surface area contributed by atoms with Crippen LogP contribution in [-0.4, -0.2) is 57.8 Å². The minimum Gasteiger partial charge on any atom is -0.455 e. The van der Waals surface area contributed by atoms with Crippen LogP contribution in [0.4, 0.5) is 0 Å². The number of rotatable bonds is 2. The van der Waals surface area contributed by atoms with Gasteiger partial charge in [-0.25, -0.2) is 9.59 Å². The molecule has 7 atom stereocenters. The van der Waals surface area contributed by atoms with Gasteiger partial charge in [0.1, 0.15) is 23.9 Å². The largest absolute Gasteiger partial charge is 0.455 e. The lowest BCUT2D eigenvalue weighted by Crippen LogP contribution is -2.56. The van der Waals surface area contributed by atoms with Crippen LogP contribution >= 0.6 is 0 Å². The molecule has 0 amide bonds. The van der Waals surface area contributed by atoms with Crippen LogP contribution in [-0.2, 0) is 23.8 Å². The molecule has 0 aromatic heterocycles. The minimum atomic E-state index is -1.60. The van der Waals surface area contributed by atoms with Crippen molar-refractivity contribution in [3.05, 3.63) is 34.9 Å². The molecule has 1 saturated carbocycles. The highest BCUT2D eigenvalue weighted by Crippen LogP contribution is 2.64. The summed E-state index contributed by atoms with van der Waals surface area (Å²) in [6.07, 6.45) is -1.77. The number of epoxide rings is 1. The molecule has 0 unspecified atom stereocenters. The Hall–Kier alpha value is -1.96. The summed E-state index contributed by atoms with van der Waals surface area (Å²) in [7, 11) is 0. The third kappa shape index (κ3) is 2.25. The Kier molecular flexibility index (Phi) is 3.77. The van der Waals surface area contributed by atoms with Gasteiger partial charge in [0, 0.05) is 18.1 Å². The Bertz CT molecular complexity index is 820. The Labute approximate surface area is 157 Å². The molecule has 7 nitrogen and oxygen atoms in total. The second-order valence-corrected chi connectivity index (χ2v) is 8.29. The van der Waals surface area contributed by atoms with E-state index in [1.807, 2.05) is 0 Å². The van der Waals surface area contributed by atoms with Gasteiger partial charge in [-0.1, -0.05) is 12.2 Å². The van der Waals surface area contributed by atoms with E-state index < -0.39 is 47.4 Å². The molecule has 4 rings (SSSR count). The smallest absolute Gasteiger partial charge is 0.334 e.